The van der Waals surface area contributed by atoms with Crippen molar-refractivity contribution in [2.75, 3.05) is 14.1 Å². The number of aromatic amines is 1. The number of hydrogen-bond acceptors (Lipinski definition) is 3. The van der Waals surface area contributed by atoms with Crippen LogP contribution in [-0.4, -0.2) is 29.0 Å². The van der Waals surface area contributed by atoms with Crippen LogP contribution >= 0.6 is 15.9 Å². The van der Waals surface area contributed by atoms with E-state index < -0.39 is 0 Å². The zero-order valence-electron chi connectivity index (χ0n) is 11.2. The lowest BCUT2D eigenvalue weighted by molar-refractivity contribution is 0.396. The maximum atomic E-state index is 9.20. The van der Waals surface area contributed by atoms with Crippen molar-refractivity contribution in [3.05, 3.63) is 39.6 Å². The molecule has 0 aliphatic heterocycles. The fourth-order valence-electron chi connectivity index (χ4n) is 1.89. The van der Waals surface area contributed by atoms with E-state index in [2.05, 4.69) is 36.9 Å². The summed E-state index contributed by atoms with van der Waals surface area (Å²) >= 11 is 3.37. The van der Waals surface area contributed by atoms with Crippen LogP contribution in [-0.2, 0) is 6.54 Å². The number of H-pyrrole nitrogens is 1. The van der Waals surface area contributed by atoms with Gasteiger partial charge in [0.05, 0.1) is 17.3 Å². The molecule has 1 aromatic heterocycles. The molecule has 0 saturated heterocycles. The van der Waals surface area contributed by atoms with Gasteiger partial charge in [0.2, 0.25) is 0 Å². The predicted molar refractivity (Wildman–Crippen MR) is 78.6 cm³/mol. The third-order valence-corrected chi connectivity index (χ3v) is 3.30. The molecule has 0 spiro atoms. The van der Waals surface area contributed by atoms with Crippen molar-refractivity contribution >= 4 is 15.9 Å². The molecule has 1 N–H and O–H groups in total. The van der Waals surface area contributed by atoms with Crippen molar-refractivity contribution in [3.63, 3.8) is 0 Å². The maximum absolute atomic E-state index is 9.20. The number of hydrogen-bond donors (Lipinski definition) is 1. The fraction of sp³-hybridized carbons (Fsp3) is 0.286. The van der Waals surface area contributed by atoms with Gasteiger partial charge in [-0.2, -0.15) is 5.26 Å². The zero-order valence-corrected chi connectivity index (χ0v) is 12.7. The van der Waals surface area contributed by atoms with Crippen LogP contribution in [0.5, 0.6) is 0 Å². The van der Waals surface area contributed by atoms with Crippen molar-refractivity contribution in [1.29, 1.82) is 5.26 Å². The number of imidazole rings is 1. The first-order chi connectivity index (χ1) is 9.01. The summed E-state index contributed by atoms with van der Waals surface area (Å²) in [6, 6.07) is 7.83. The molecular formula is C14H15BrN4. The molecule has 19 heavy (non-hydrogen) atoms. The highest BCUT2D eigenvalue weighted by Gasteiger charge is 2.12. The lowest BCUT2D eigenvalue weighted by atomic mass is 10.1. The van der Waals surface area contributed by atoms with E-state index in [1.807, 2.05) is 33.2 Å². The smallest absolute Gasteiger partial charge is 0.139 e. The summed E-state index contributed by atoms with van der Waals surface area (Å²) in [7, 11) is 4.02. The molecule has 0 saturated carbocycles. The highest BCUT2D eigenvalue weighted by atomic mass is 79.9. The van der Waals surface area contributed by atoms with Gasteiger partial charge in [0, 0.05) is 22.3 Å². The summed E-state index contributed by atoms with van der Waals surface area (Å²) in [6.07, 6.45) is 0. The average Bonchev–Trinajstić information content (AvgIpc) is 2.69. The molecule has 98 valence electrons. The Morgan fingerprint density at radius 2 is 2.16 bits per heavy atom. The molecule has 4 nitrogen and oxygen atoms in total. The topological polar surface area (TPSA) is 55.7 Å². The molecular weight excluding hydrogens is 304 g/mol. The lowest BCUT2D eigenvalue weighted by Crippen LogP contribution is -2.11. The van der Waals surface area contributed by atoms with Crippen LogP contribution in [0.2, 0.25) is 0 Å². The summed E-state index contributed by atoms with van der Waals surface area (Å²) in [4.78, 5) is 9.92. The Bertz CT molecular complexity index is 637. The van der Waals surface area contributed by atoms with Gasteiger partial charge in [0.1, 0.15) is 5.82 Å². The SMILES string of the molecule is Cc1[nH]c(-c2ccc(Br)cc2C#N)nc1CN(C)C. The van der Waals surface area contributed by atoms with Gasteiger partial charge >= 0.3 is 0 Å². The first kappa shape index (κ1) is 13.8. The maximum Gasteiger partial charge on any atom is 0.139 e. The van der Waals surface area contributed by atoms with Gasteiger partial charge in [-0.05, 0) is 39.2 Å². The van der Waals surface area contributed by atoms with E-state index in [0.29, 0.717) is 5.56 Å². The van der Waals surface area contributed by atoms with Gasteiger partial charge in [-0.1, -0.05) is 15.9 Å². The summed E-state index contributed by atoms with van der Waals surface area (Å²) in [5.41, 5.74) is 3.49. The minimum atomic E-state index is 0.611. The Labute approximate surface area is 121 Å². The summed E-state index contributed by atoms with van der Waals surface area (Å²) in [6.45, 7) is 2.78. The Kier molecular flexibility index (Phi) is 4.03. The molecule has 0 fully saturated rings. The van der Waals surface area contributed by atoms with Crippen LogP contribution < -0.4 is 0 Å². The highest BCUT2D eigenvalue weighted by Crippen LogP contribution is 2.25. The van der Waals surface area contributed by atoms with Gasteiger partial charge < -0.3 is 9.88 Å². The average molecular weight is 319 g/mol. The number of aromatic nitrogens is 2. The van der Waals surface area contributed by atoms with Crippen LogP contribution in [0.4, 0.5) is 0 Å². The molecule has 0 unspecified atom stereocenters. The Morgan fingerprint density at radius 1 is 1.42 bits per heavy atom. The van der Waals surface area contributed by atoms with Crippen LogP contribution in [0.1, 0.15) is 17.0 Å². The molecule has 0 radical (unpaired) electrons. The summed E-state index contributed by atoms with van der Waals surface area (Å²) in [5, 5.41) is 9.20. The van der Waals surface area contributed by atoms with Crippen molar-refractivity contribution in [2.24, 2.45) is 0 Å². The first-order valence-electron chi connectivity index (χ1n) is 5.91. The quantitative estimate of drug-likeness (QED) is 0.946. The zero-order chi connectivity index (χ0) is 14.0. The van der Waals surface area contributed by atoms with Crippen molar-refractivity contribution in [1.82, 2.24) is 14.9 Å². The number of aryl methyl sites for hydroxylation is 1. The van der Waals surface area contributed by atoms with E-state index in [-0.39, 0.29) is 0 Å². The molecule has 0 aliphatic carbocycles. The van der Waals surface area contributed by atoms with E-state index >= 15 is 0 Å². The molecule has 0 aliphatic rings. The molecule has 2 rings (SSSR count). The van der Waals surface area contributed by atoms with Gasteiger partial charge in [0.25, 0.3) is 0 Å². The Morgan fingerprint density at radius 3 is 2.79 bits per heavy atom. The third kappa shape index (κ3) is 3.03. The van der Waals surface area contributed by atoms with Crippen LogP contribution in [0, 0.1) is 18.3 Å². The second kappa shape index (κ2) is 5.55. The van der Waals surface area contributed by atoms with Gasteiger partial charge in [-0.3, -0.25) is 0 Å². The molecule has 5 heteroatoms. The number of nitriles is 1. The van der Waals surface area contributed by atoms with Gasteiger partial charge in [-0.15, -0.1) is 0 Å². The molecule has 1 aromatic carbocycles. The Balaban J connectivity index is 2.46. The van der Waals surface area contributed by atoms with Crippen molar-refractivity contribution < 1.29 is 0 Å². The number of halogens is 1. The monoisotopic (exact) mass is 318 g/mol. The van der Waals surface area contributed by atoms with Crippen LogP contribution in [0.25, 0.3) is 11.4 Å². The van der Waals surface area contributed by atoms with Gasteiger partial charge in [-0.25, -0.2) is 4.98 Å². The first-order valence-corrected chi connectivity index (χ1v) is 6.71. The Hall–Kier alpha value is -1.64. The van der Waals surface area contributed by atoms with E-state index in [4.69, 9.17) is 0 Å². The lowest BCUT2D eigenvalue weighted by Gasteiger charge is -2.06. The summed E-state index contributed by atoms with van der Waals surface area (Å²) in [5.74, 6) is 0.749. The van der Waals surface area contributed by atoms with Crippen molar-refractivity contribution in [3.8, 4) is 17.5 Å². The van der Waals surface area contributed by atoms with E-state index in [0.717, 1.165) is 33.8 Å². The predicted octanol–water partition coefficient (Wildman–Crippen LogP) is 3.08. The van der Waals surface area contributed by atoms with Gasteiger partial charge in [0.15, 0.2) is 0 Å². The van der Waals surface area contributed by atoms with E-state index in [1.54, 1.807) is 6.07 Å². The fourth-order valence-corrected chi connectivity index (χ4v) is 2.25. The number of benzene rings is 1. The minimum Gasteiger partial charge on any atom is -0.342 e. The number of rotatable bonds is 3. The van der Waals surface area contributed by atoms with Crippen molar-refractivity contribution in [2.45, 2.75) is 13.5 Å². The number of nitrogens with zero attached hydrogens (tertiary/aromatic N) is 3. The largest absolute Gasteiger partial charge is 0.342 e. The standard InChI is InChI=1S/C14H15BrN4/c1-9-13(8-19(2)3)18-14(17-9)12-5-4-11(15)6-10(12)7-16/h4-6H,8H2,1-3H3,(H,17,18). The third-order valence-electron chi connectivity index (χ3n) is 2.81. The second-order valence-corrected chi connectivity index (χ2v) is 5.61. The minimum absolute atomic E-state index is 0.611. The molecule has 1 heterocycles. The molecule has 0 amide bonds. The normalized spacial score (nSPS) is 10.7. The molecule has 2 aromatic rings. The van der Waals surface area contributed by atoms with E-state index in [1.165, 1.54) is 0 Å². The number of nitrogens with one attached hydrogen (secondary N) is 1. The summed E-state index contributed by atoms with van der Waals surface area (Å²) < 4.78 is 0.893. The molecule has 0 bridgehead atoms. The second-order valence-electron chi connectivity index (χ2n) is 4.70. The molecule has 0 atom stereocenters. The van der Waals surface area contributed by atoms with E-state index in [9.17, 15) is 5.26 Å². The van der Waals surface area contributed by atoms with Crippen LogP contribution in [0.3, 0.4) is 0 Å². The highest BCUT2D eigenvalue weighted by molar-refractivity contribution is 9.10. The van der Waals surface area contributed by atoms with Crippen LogP contribution in [0.15, 0.2) is 22.7 Å².